The lowest BCUT2D eigenvalue weighted by molar-refractivity contribution is -0.122. The van der Waals surface area contributed by atoms with Crippen LogP contribution < -0.4 is 25.4 Å². The standard InChI is InChI=1S/C26H26ClN3O4S/c1-3-15-33-21-8-6-7-18(16-21)25(32)30-26(35)29-20-13-11-19(12-14-20)28-24(31)17(2)34-23-10-5-4-9-22(23)27/h4-14,16-17H,3,15H2,1-2H3,(H,28,31)(H2,29,30,32,35). The molecule has 3 rings (SSSR count). The van der Waals surface area contributed by atoms with Gasteiger partial charge in [0.2, 0.25) is 0 Å². The number of anilines is 2. The molecule has 0 aliphatic heterocycles. The maximum atomic E-state index is 12.5. The minimum Gasteiger partial charge on any atom is -0.494 e. The highest BCUT2D eigenvalue weighted by Crippen LogP contribution is 2.24. The summed E-state index contributed by atoms with van der Waals surface area (Å²) in [7, 11) is 0. The van der Waals surface area contributed by atoms with E-state index in [1.165, 1.54) is 0 Å². The zero-order valence-electron chi connectivity index (χ0n) is 19.3. The summed E-state index contributed by atoms with van der Waals surface area (Å²) in [5.41, 5.74) is 1.66. The van der Waals surface area contributed by atoms with E-state index in [-0.39, 0.29) is 16.9 Å². The summed E-state index contributed by atoms with van der Waals surface area (Å²) in [6, 6.07) is 20.7. The average Bonchev–Trinajstić information content (AvgIpc) is 2.85. The smallest absolute Gasteiger partial charge is 0.265 e. The lowest BCUT2D eigenvalue weighted by Gasteiger charge is -2.16. The highest BCUT2D eigenvalue weighted by molar-refractivity contribution is 7.80. The van der Waals surface area contributed by atoms with Gasteiger partial charge >= 0.3 is 0 Å². The van der Waals surface area contributed by atoms with Crippen molar-refractivity contribution < 1.29 is 19.1 Å². The van der Waals surface area contributed by atoms with Crippen molar-refractivity contribution in [1.29, 1.82) is 0 Å². The van der Waals surface area contributed by atoms with Gasteiger partial charge in [0.15, 0.2) is 11.2 Å². The maximum absolute atomic E-state index is 12.5. The molecule has 0 bridgehead atoms. The summed E-state index contributed by atoms with van der Waals surface area (Å²) in [5.74, 6) is 0.397. The Labute approximate surface area is 214 Å². The van der Waals surface area contributed by atoms with Crippen molar-refractivity contribution in [2.24, 2.45) is 0 Å². The van der Waals surface area contributed by atoms with Gasteiger partial charge in [-0.2, -0.15) is 0 Å². The van der Waals surface area contributed by atoms with Gasteiger partial charge in [-0.25, -0.2) is 0 Å². The zero-order chi connectivity index (χ0) is 25.2. The van der Waals surface area contributed by atoms with Gasteiger partial charge < -0.3 is 20.1 Å². The lowest BCUT2D eigenvalue weighted by Crippen LogP contribution is -2.34. The molecule has 0 heterocycles. The van der Waals surface area contributed by atoms with Crippen molar-refractivity contribution in [2.75, 3.05) is 17.2 Å². The molecule has 0 aliphatic carbocycles. The van der Waals surface area contributed by atoms with E-state index in [9.17, 15) is 9.59 Å². The largest absolute Gasteiger partial charge is 0.494 e. The van der Waals surface area contributed by atoms with Crippen LogP contribution in [0, 0.1) is 0 Å². The van der Waals surface area contributed by atoms with Crippen LogP contribution in [0.1, 0.15) is 30.6 Å². The molecule has 0 aliphatic rings. The molecular weight excluding hydrogens is 486 g/mol. The van der Waals surface area contributed by atoms with E-state index >= 15 is 0 Å². The van der Waals surface area contributed by atoms with Crippen LogP contribution in [0.3, 0.4) is 0 Å². The van der Waals surface area contributed by atoms with Crippen LogP contribution in [0.4, 0.5) is 11.4 Å². The molecule has 3 N–H and O–H groups in total. The quantitative estimate of drug-likeness (QED) is 0.321. The monoisotopic (exact) mass is 511 g/mol. The van der Waals surface area contributed by atoms with Crippen LogP contribution in [-0.2, 0) is 4.79 Å². The molecule has 3 aromatic carbocycles. The summed E-state index contributed by atoms with van der Waals surface area (Å²) >= 11 is 11.3. The summed E-state index contributed by atoms with van der Waals surface area (Å²) < 4.78 is 11.2. The second kappa shape index (κ2) is 12.7. The molecule has 0 radical (unpaired) electrons. The Hall–Kier alpha value is -3.62. The van der Waals surface area contributed by atoms with E-state index < -0.39 is 6.10 Å². The number of para-hydroxylation sites is 1. The zero-order valence-corrected chi connectivity index (χ0v) is 20.9. The first-order valence-electron chi connectivity index (χ1n) is 11.0. The van der Waals surface area contributed by atoms with Crippen LogP contribution >= 0.6 is 23.8 Å². The average molecular weight is 512 g/mol. The van der Waals surface area contributed by atoms with Gasteiger partial charge in [0, 0.05) is 16.9 Å². The number of hydrogen-bond acceptors (Lipinski definition) is 5. The van der Waals surface area contributed by atoms with E-state index in [1.807, 2.05) is 6.92 Å². The number of ether oxygens (including phenoxy) is 2. The molecule has 1 unspecified atom stereocenters. The predicted molar refractivity (Wildman–Crippen MR) is 143 cm³/mol. The van der Waals surface area contributed by atoms with E-state index in [2.05, 4.69) is 16.0 Å². The highest BCUT2D eigenvalue weighted by atomic mass is 35.5. The van der Waals surface area contributed by atoms with Crippen molar-refractivity contribution in [3.8, 4) is 11.5 Å². The molecule has 1 atom stereocenters. The molecule has 7 nitrogen and oxygen atoms in total. The SMILES string of the molecule is CCCOc1cccc(C(=O)NC(=S)Nc2ccc(NC(=O)C(C)Oc3ccccc3Cl)cc2)c1. The number of benzene rings is 3. The number of nitrogens with one attached hydrogen (secondary N) is 3. The molecule has 9 heteroatoms. The molecule has 0 saturated heterocycles. The minimum atomic E-state index is -0.749. The van der Waals surface area contributed by atoms with Crippen molar-refractivity contribution in [2.45, 2.75) is 26.4 Å². The first-order chi connectivity index (χ1) is 16.9. The fourth-order valence-electron chi connectivity index (χ4n) is 2.95. The molecule has 182 valence electrons. The third-order valence-electron chi connectivity index (χ3n) is 4.72. The Balaban J connectivity index is 1.50. The third kappa shape index (κ3) is 7.98. The Bertz CT molecular complexity index is 1190. The summed E-state index contributed by atoms with van der Waals surface area (Å²) in [4.78, 5) is 25.0. The molecular formula is C26H26ClN3O4S. The van der Waals surface area contributed by atoms with Crippen LogP contribution in [0.25, 0.3) is 0 Å². The molecule has 0 saturated carbocycles. The van der Waals surface area contributed by atoms with Gasteiger partial charge in [-0.1, -0.05) is 36.7 Å². The number of carbonyl (C=O) groups is 2. The van der Waals surface area contributed by atoms with Gasteiger partial charge in [-0.15, -0.1) is 0 Å². The Morgan fingerprint density at radius 1 is 0.971 bits per heavy atom. The van der Waals surface area contributed by atoms with Gasteiger partial charge in [0.1, 0.15) is 11.5 Å². The lowest BCUT2D eigenvalue weighted by atomic mass is 10.2. The molecule has 0 fully saturated rings. The van der Waals surface area contributed by atoms with E-state index in [0.29, 0.717) is 40.1 Å². The van der Waals surface area contributed by atoms with Gasteiger partial charge in [0.05, 0.1) is 11.6 Å². The van der Waals surface area contributed by atoms with E-state index in [0.717, 1.165) is 6.42 Å². The fourth-order valence-corrected chi connectivity index (χ4v) is 3.34. The molecule has 35 heavy (non-hydrogen) atoms. The summed E-state index contributed by atoms with van der Waals surface area (Å²) in [6.07, 6.45) is 0.129. The van der Waals surface area contributed by atoms with E-state index in [1.54, 1.807) is 79.7 Å². The van der Waals surface area contributed by atoms with Crippen LogP contribution in [0.5, 0.6) is 11.5 Å². The third-order valence-corrected chi connectivity index (χ3v) is 5.23. The predicted octanol–water partition coefficient (Wildman–Crippen LogP) is 5.66. The number of thiocarbonyl (C=S) groups is 1. The van der Waals surface area contributed by atoms with Crippen LogP contribution in [0.2, 0.25) is 5.02 Å². The summed E-state index contributed by atoms with van der Waals surface area (Å²) in [6.45, 7) is 4.23. The topological polar surface area (TPSA) is 88.7 Å². The summed E-state index contributed by atoms with van der Waals surface area (Å²) in [5, 5.41) is 8.96. The Morgan fingerprint density at radius 2 is 1.66 bits per heavy atom. The van der Waals surface area contributed by atoms with Gasteiger partial charge in [-0.05, 0) is 80.2 Å². The van der Waals surface area contributed by atoms with Gasteiger partial charge in [-0.3, -0.25) is 14.9 Å². The first kappa shape index (κ1) is 26.0. The Kier molecular flexibility index (Phi) is 9.46. The number of halogens is 1. The second-order valence-corrected chi connectivity index (χ2v) is 8.36. The van der Waals surface area contributed by atoms with Crippen molar-refractivity contribution in [3.63, 3.8) is 0 Å². The van der Waals surface area contributed by atoms with Crippen LogP contribution in [0.15, 0.2) is 72.8 Å². The molecule has 3 aromatic rings. The van der Waals surface area contributed by atoms with Crippen LogP contribution in [-0.4, -0.2) is 29.6 Å². The van der Waals surface area contributed by atoms with E-state index in [4.69, 9.17) is 33.3 Å². The molecule has 0 aromatic heterocycles. The maximum Gasteiger partial charge on any atom is 0.265 e. The van der Waals surface area contributed by atoms with Crippen molar-refractivity contribution in [3.05, 3.63) is 83.4 Å². The Morgan fingerprint density at radius 3 is 2.34 bits per heavy atom. The number of hydrogen-bond donors (Lipinski definition) is 3. The van der Waals surface area contributed by atoms with Crippen molar-refractivity contribution in [1.82, 2.24) is 5.32 Å². The molecule has 0 spiro atoms. The number of amides is 2. The van der Waals surface area contributed by atoms with Gasteiger partial charge in [0.25, 0.3) is 11.8 Å². The number of rotatable bonds is 9. The van der Waals surface area contributed by atoms with Crippen molar-refractivity contribution >= 4 is 52.1 Å². The second-order valence-electron chi connectivity index (χ2n) is 7.54. The first-order valence-corrected chi connectivity index (χ1v) is 11.8. The fraction of sp³-hybridized carbons (Fsp3) is 0.192. The molecule has 2 amide bonds. The normalized spacial score (nSPS) is 11.2. The minimum absolute atomic E-state index is 0.147. The highest BCUT2D eigenvalue weighted by Gasteiger charge is 2.16. The number of carbonyl (C=O) groups excluding carboxylic acids is 2.